The molecule has 0 saturated heterocycles. The van der Waals surface area contributed by atoms with Crippen LogP contribution in [0.3, 0.4) is 0 Å². The SMILES string of the molecule is C1=CC(c2ccc(-c3ccc4c5ccccc5n(Cc5ccccc5)c4c3)cc2)Cc2c1c1ccccc1c1ccccc21. The van der Waals surface area contributed by atoms with Crippen molar-refractivity contribution in [2.45, 2.75) is 18.9 Å². The minimum Gasteiger partial charge on any atom is -0.336 e. The molecule has 1 heterocycles. The van der Waals surface area contributed by atoms with E-state index >= 15 is 0 Å². The van der Waals surface area contributed by atoms with E-state index in [1.54, 1.807) is 0 Å². The Labute approximate surface area is 257 Å². The van der Waals surface area contributed by atoms with E-state index in [2.05, 4.69) is 162 Å². The lowest BCUT2D eigenvalue weighted by Gasteiger charge is -2.24. The van der Waals surface area contributed by atoms with Crippen molar-refractivity contribution in [2.24, 2.45) is 0 Å². The first-order chi connectivity index (χ1) is 21.8. The second kappa shape index (κ2) is 10.1. The highest BCUT2D eigenvalue weighted by atomic mass is 15.0. The van der Waals surface area contributed by atoms with Crippen molar-refractivity contribution in [1.82, 2.24) is 4.57 Å². The maximum atomic E-state index is 2.47. The van der Waals surface area contributed by atoms with Crippen LogP contribution in [0.5, 0.6) is 0 Å². The number of allylic oxidation sites excluding steroid dienone is 1. The molecule has 1 nitrogen and oxygen atoms in total. The van der Waals surface area contributed by atoms with Gasteiger partial charge in [0.1, 0.15) is 0 Å². The zero-order chi connectivity index (χ0) is 29.0. The number of fused-ring (bicyclic) bond motifs is 9. The zero-order valence-corrected chi connectivity index (χ0v) is 24.4. The average molecular weight is 562 g/mol. The number of hydrogen-bond donors (Lipinski definition) is 0. The van der Waals surface area contributed by atoms with Crippen molar-refractivity contribution in [1.29, 1.82) is 0 Å². The number of para-hydroxylation sites is 1. The Kier molecular flexibility index (Phi) is 5.77. The van der Waals surface area contributed by atoms with E-state index < -0.39 is 0 Å². The van der Waals surface area contributed by atoms with Crippen LogP contribution in [0.15, 0.2) is 152 Å². The molecular formula is C43H31N. The number of aromatic nitrogens is 1. The highest BCUT2D eigenvalue weighted by Crippen LogP contribution is 2.40. The van der Waals surface area contributed by atoms with Crippen LogP contribution in [0.25, 0.3) is 60.6 Å². The Morgan fingerprint density at radius 1 is 0.500 bits per heavy atom. The molecule has 208 valence electrons. The smallest absolute Gasteiger partial charge is 0.0500 e. The molecule has 0 saturated carbocycles. The molecule has 0 aliphatic heterocycles. The van der Waals surface area contributed by atoms with Crippen molar-refractivity contribution in [3.63, 3.8) is 0 Å². The van der Waals surface area contributed by atoms with Gasteiger partial charge in [0.2, 0.25) is 0 Å². The molecule has 0 amide bonds. The van der Waals surface area contributed by atoms with Gasteiger partial charge in [0, 0.05) is 28.8 Å². The van der Waals surface area contributed by atoms with Gasteiger partial charge in [0.05, 0.1) is 5.52 Å². The first-order valence-electron chi connectivity index (χ1n) is 15.6. The predicted octanol–water partition coefficient (Wildman–Crippen LogP) is 11.2. The summed E-state index contributed by atoms with van der Waals surface area (Å²) in [5, 5.41) is 8.05. The van der Waals surface area contributed by atoms with E-state index in [0.29, 0.717) is 5.92 Å². The molecule has 0 fully saturated rings. The fraction of sp³-hybridized carbons (Fsp3) is 0.0698. The highest BCUT2D eigenvalue weighted by molar-refractivity contribution is 6.13. The summed E-state index contributed by atoms with van der Waals surface area (Å²) in [6.45, 7) is 0.854. The van der Waals surface area contributed by atoms with Gasteiger partial charge in [0.25, 0.3) is 0 Å². The largest absolute Gasteiger partial charge is 0.336 e. The maximum Gasteiger partial charge on any atom is 0.0500 e. The van der Waals surface area contributed by atoms with Crippen molar-refractivity contribution < 1.29 is 0 Å². The quantitative estimate of drug-likeness (QED) is 0.188. The number of hydrogen-bond acceptors (Lipinski definition) is 0. The topological polar surface area (TPSA) is 4.93 Å². The first-order valence-corrected chi connectivity index (χ1v) is 15.6. The number of rotatable bonds is 4. The Bertz CT molecular complexity index is 2370. The lowest BCUT2D eigenvalue weighted by molar-refractivity contribution is 0.834. The molecule has 1 atom stereocenters. The second-order valence-corrected chi connectivity index (χ2v) is 12.1. The third-order valence-electron chi connectivity index (χ3n) is 9.63. The molecule has 0 N–H and O–H groups in total. The van der Waals surface area contributed by atoms with E-state index in [1.807, 2.05) is 0 Å². The van der Waals surface area contributed by atoms with Crippen LogP contribution in [0.2, 0.25) is 0 Å². The highest BCUT2D eigenvalue weighted by Gasteiger charge is 2.21. The molecule has 0 bridgehead atoms. The van der Waals surface area contributed by atoms with Gasteiger partial charge in [-0.05, 0) is 73.5 Å². The van der Waals surface area contributed by atoms with Crippen molar-refractivity contribution in [2.75, 3.05) is 0 Å². The first kappa shape index (κ1) is 25.1. The summed E-state index contributed by atoms with van der Waals surface area (Å²) >= 11 is 0. The molecule has 1 aliphatic rings. The van der Waals surface area contributed by atoms with Crippen molar-refractivity contribution >= 4 is 49.4 Å². The molecule has 8 aromatic rings. The van der Waals surface area contributed by atoms with E-state index in [9.17, 15) is 0 Å². The molecule has 9 rings (SSSR count). The standard InChI is InChI=1S/C43H31N/c1-2-10-29(11-3-1)28-44-42-17-9-8-16-39(42)40-25-23-33(27-43(40)44)31-20-18-30(19-21-31)32-22-24-38-36-14-5-4-12-34(36)35-13-6-7-15-37(35)41(38)26-32/h1-25,27,32H,26,28H2. The van der Waals surface area contributed by atoms with Crippen LogP contribution in [0.1, 0.15) is 28.2 Å². The minimum absolute atomic E-state index is 0.358. The summed E-state index contributed by atoms with van der Waals surface area (Å²) in [7, 11) is 0. The van der Waals surface area contributed by atoms with Gasteiger partial charge < -0.3 is 4.57 Å². The molecule has 1 heteroatoms. The molecular weight excluding hydrogens is 530 g/mol. The summed E-state index contributed by atoms with van der Waals surface area (Å²) in [6, 6.07) is 53.6. The Hall–Kier alpha value is -5.40. The second-order valence-electron chi connectivity index (χ2n) is 12.1. The zero-order valence-electron chi connectivity index (χ0n) is 24.4. The Balaban J connectivity index is 1.08. The third kappa shape index (κ3) is 4.01. The van der Waals surface area contributed by atoms with E-state index in [0.717, 1.165) is 13.0 Å². The lowest BCUT2D eigenvalue weighted by atomic mass is 9.80. The lowest BCUT2D eigenvalue weighted by Crippen LogP contribution is -2.07. The van der Waals surface area contributed by atoms with Crippen molar-refractivity contribution in [3.8, 4) is 11.1 Å². The maximum absolute atomic E-state index is 2.47. The van der Waals surface area contributed by atoms with Crippen LogP contribution < -0.4 is 0 Å². The van der Waals surface area contributed by atoms with E-state index in [-0.39, 0.29) is 0 Å². The molecule has 1 aliphatic carbocycles. The van der Waals surface area contributed by atoms with E-state index in [1.165, 1.54) is 76.7 Å². The van der Waals surface area contributed by atoms with Gasteiger partial charge in [-0.25, -0.2) is 0 Å². The molecule has 1 aromatic heterocycles. The summed E-state index contributed by atoms with van der Waals surface area (Å²) in [5.41, 5.74) is 10.6. The minimum atomic E-state index is 0.358. The van der Waals surface area contributed by atoms with Crippen LogP contribution >= 0.6 is 0 Å². The molecule has 0 spiro atoms. The Morgan fingerprint density at radius 2 is 1.11 bits per heavy atom. The van der Waals surface area contributed by atoms with Gasteiger partial charge >= 0.3 is 0 Å². The molecule has 0 radical (unpaired) electrons. The molecule has 1 unspecified atom stereocenters. The molecule has 44 heavy (non-hydrogen) atoms. The van der Waals surface area contributed by atoms with Gasteiger partial charge in [-0.1, -0.05) is 146 Å². The average Bonchev–Trinajstić information content (AvgIpc) is 3.41. The fourth-order valence-corrected chi connectivity index (χ4v) is 7.47. The van der Waals surface area contributed by atoms with Gasteiger partial charge in [0.15, 0.2) is 0 Å². The molecule has 7 aromatic carbocycles. The Morgan fingerprint density at radius 3 is 1.91 bits per heavy atom. The normalized spacial score (nSPS) is 14.5. The van der Waals surface area contributed by atoms with Crippen molar-refractivity contribution in [3.05, 3.63) is 174 Å². The third-order valence-corrected chi connectivity index (χ3v) is 9.63. The van der Waals surface area contributed by atoms with Gasteiger partial charge in [-0.2, -0.15) is 0 Å². The summed E-state index contributed by atoms with van der Waals surface area (Å²) in [5.74, 6) is 0.358. The number of nitrogens with zero attached hydrogens (tertiary/aromatic N) is 1. The van der Waals surface area contributed by atoms with E-state index in [4.69, 9.17) is 0 Å². The van der Waals surface area contributed by atoms with Gasteiger partial charge in [-0.3, -0.25) is 0 Å². The van der Waals surface area contributed by atoms with Crippen LogP contribution in [-0.4, -0.2) is 4.57 Å². The van der Waals surface area contributed by atoms with Gasteiger partial charge in [-0.15, -0.1) is 0 Å². The summed E-state index contributed by atoms with van der Waals surface area (Å²) in [4.78, 5) is 0. The summed E-state index contributed by atoms with van der Waals surface area (Å²) in [6.07, 6.45) is 5.79. The predicted molar refractivity (Wildman–Crippen MR) is 187 cm³/mol. The summed E-state index contributed by atoms with van der Waals surface area (Å²) < 4.78 is 2.47. The fourth-order valence-electron chi connectivity index (χ4n) is 7.47. The number of benzene rings is 7. The van der Waals surface area contributed by atoms with Crippen LogP contribution in [-0.2, 0) is 13.0 Å². The van der Waals surface area contributed by atoms with Crippen LogP contribution in [0.4, 0.5) is 0 Å². The van der Waals surface area contributed by atoms with Crippen LogP contribution in [0, 0.1) is 0 Å². The monoisotopic (exact) mass is 561 g/mol.